The standard InChI is InChI=1S/C14H20FN/c1-11-7-12(2)9-13(8-11)10-14(15)3-5-16-6-4-14/h7-9,16H,3-6,10H2,1-2H3. The first-order chi connectivity index (χ1) is 7.57. The third-order valence-electron chi connectivity index (χ3n) is 3.30. The van der Waals surface area contributed by atoms with Crippen LogP contribution in [-0.4, -0.2) is 18.8 Å². The lowest BCUT2D eigenvalue weighted by molar-refractivity contribution is 0.116. The summed E-state index contributed by atoms with van der Waals surface area (Å²) in [5, 5.41) is 3.21. The maximum atomic E-state index is 14.5. The van der Waals surface area contributed by atoms with E-state index in [2.05, 4.69) is 37.4 Å². The molecule has 2 heteroatoms. The van der Waals surface area contributed by atoms with Gasteiger partial charge in [0.05, 0.1) is 0 Å². The van der Waals surface area contributed by atoms with E-state index < -0.39 is 5.67 Å². The molecule has 0 aliphatic carbocycles. The molecular formula is C14H20FN. The van der Waals surface area contributed by atoms with Crippen molar-refractivity contribution in [1.29, 1.82) is 0 Å². The Morgan fingerprint density at radius 2 is 1.69 bits per heavy atom. The molecule has 1 aromatic rings. The van der Waals surface area contributed by atoms with Crippen LogP contribution in [0.3, 0.4) is 0 Å². The van der Waals surface area contributed by atoms with Crippen LogP contribution in [0.4, 0.5) is 4.39 Å². The number of nitrogens with one attached hydrogen (secondary N) is 1. The van der Waals surface area contributed by atoms with Crippen molar-refractivity contribution in [3.05, 3.63) is 34.9 Å². The average molecular weight is 221 g/mol. The van der Waals surface area contributed by atoms with Gasteiger partial charge in [-0.15, -0.1) is 0 Å². The van der Waals surface area contributed by atoms with Crippen molar-refractivity contribution in [3.63, 3.8) is 0 Å². The van der Waals surface area contributed by atoms with Crippen molar-refractivity contribution in [3.8, 4) is 0 Å². The number of hydrogen-bond acceptors (Lipinski definition) is 1. The first-order valence-corrected chi connectivity index (χ1v) is 6.04. The molecule has 1 heterocycles. The van der Waals surface area contributed by atoms with Gasteiger partial charge >= 0.3 is 0 Å². The second kappa shape index (κ2) is 4.54. The highest BCUT2D eigenvalue weighted by molar-refractivity contribution is 5.29. The number of piperidine rings is 1. The van der Waals surface area contributed by atoms with E-state index in [4.69, 9.17) is 0 Å². The third kappa shape index (κ3) is 2.82. The number of halogens is 1. The summed E-state index contributed by atoms with van der Waals surface area (Å²) in [6.07, 6.45) is 1.84. The Morgan fingerprint density at radius 1 is 1.12 bits per heavy atom. The van der Waals surface area contributed by atoms with Crippen LogP contribution in [0, 0.1) is 13.8 Å². The zero-order chi connectivity index (χ0) is 11.6. The van der Waals surface area contributed by atoms with E-state index in [0.29, 0.717) is 19.3 Å². The molecule has 1 saturated heterocycles. The van der Waals surface area contributed by atoms with Gasteiger partial charge in [-0.05, 0) is 45.3 Å². The van der Waals surface area contributed by atoms with Crippen molar-refractivity contribution >= 4 is 0 Å². The first kappa shape index (κ1) is 11.6. The third-order valence-corrected chi connectivity index (χ3v) is 3.30. The molecule has 1 aliphatic rings. The van der Waals surface area contributed by atoms with Gasteiger partial charge in [0.15, 0.2) is 0 Å². The Balaban J connectivity index is 2.13. The smallest absolute Gasteiger partial charge is 0.117 e. The highest BCUT2D eigenvalue weighted by Gasteiger charge is 2.31. The largest absolute Gasteiger partial charge is 0.316 e. The molecule has 1 aliphatic heterocycles. The molecule has 0 saturated carbocycles. The predicted octanol–water partition coefficient (Wildman–Crippen LogP) is 2.94. The maximum Gasteiger partial charge on any atom is 0.117 e. The second-order valence-corrected chi connectivity index (χ2v) is 5.07. The summed E-state index contributed by atoms with van der Waals surface area (Å²) in [6, 6.07) is 6.35. The minimum absolute atomic E-state index is 0.567. The van der Waals surface area contributed by atoms with Crippen molar-refractivity contribution in [2.45, 2.75) is 38.8 Å². The lowest BCUT2D eigenvalue weighted by Crippen LogP contribution is -2.40. The molecule has 0 spiro atoms. The Hall–Kier alpha value is -0.890. The Morgan fingerprint density at radius 3 is 2.25 bits per heavy atom. The Kier molecular flexibility index (Phi) is 3.29. The number of hydrogen-bond donors (Lipinski definition) is 1. The highest BCUT2D eigenvalue weighted by Crippen LogP contribution is 2.28. The number of benzene rings is 1. The molecule has 0 aromatic heterocycles. The van der Waals surface area contributed by atoms with E-state index in [1.54, 1.807) is 0 Å². The summed E-state index contributed by atoms with van der Waals surface area (Å²) in [5.74, 6) is 0. The Labute approximate surface area is 97.1 Å². The molecule has 0 bridgehead atoms. The Bertz CT molecular complexity index is 347. The quantitative estimate of drug-likeness (QED) is 0.809. The first-order valence-electron chi connectivity index (χ1n) is 6.04. The summed E-state index contributed by atoms with van der Waals surface area (Å²) in [6.45, 7) is 5.76. The molecule has 0 atom stereocenters. The van der Waals surface area contributed by atoms with Gasteiger partial charge in [-0.2, -0.15) is 0 Å². The fourth-order valence-electron chi connectivity index (χ4n) is 2.59. The van der Waals surface area contributed by atoms with Crippen LogP contribution < -0.4 is 5.32 Å². The van der Waals surface area contributed by atoms with Crippen molar-refractivity contribution in [1.82, 2.24) is 5.32 Å². The van der Waals surface area contributed by atoms with Crippen LogP contribution in [-0.2, 0) is 6.42 Å². The minimum Gasteiger partial charge on any atom is -0.316 e. The van der Waals surface area contributed by atoms with Crippen LogP contribution in [0.25, 0.3) is 0 Å². The molecular weight excluding hydrogens is 201 g/mol. The SMILES string of the molecule is Cc1cc(C)cc(CC2(F)CCNCC2)c1. The van der Waals surface area contributed by atoms with Gasteiger partial charge in [-0.3, -0.25) is 0 Å². The lowest BCUT2D eigenvalue weighted by Gasteiger charge is -2.30. The van der Waals surface area contributed by atoms with Crippen LogP contribution in [0.1, 0.15) is 29.5 Å². The van der Waals surface area contributed by atoms with Crippen LogP contribution in [0.5, 0.6) is 0 Å². The van der Waals surface area contributed by atoms with E-state index in [0.717, 1.165) is 18.7 Å². The fraction of sp³-hybridized carbons (Fsp3) is 0.571. The van der Waals surface area contributed by atoms with Crippen LogP contribution in [0.15, 0.2) is 18.2 Å². The molecule has 0 amide bonds. The van der Waals surface area contributed by atoms with Gasteiger partial charge in [0.25, 0.3) is 0 Å². The summed E-state index contributed by atoms with van der Waals surface area (Å²) in [5.41, 5.74) is 2.60. The lowest BCUT2D eigenvalue weighted by atomic mass is 9.87. The number of alkyl halides is 1. The van der Waals surface area contributed by atoms with Gasteiger partial charge in [0.1, 0.15) is 5.67 Å². The van der Waals surface area contributed by atoms with Gasteiger partial charge in [-0.1, -0.05) is 29.3 Å². The maximum absolute atomic E-state index is 14.5. The monoisotopic (exact) mass is 221 g/mol. The van der Waals surface area contributed by atoms with E-state index in [1.807, 2.05) is 0 Å². The van der Waals surface area contributed by atoms with Crippen molar-refractivity contribution < 1.29 is 4.39 Å². The number of aryl methyl sites for hydroxylation is 2. The minimum atomic E-state index is -0.995. The molecule has 16 heavy (non-hydrogen) atoms. The normalized spacial score (nSPS) is 19.7. The zero-order valence-electron chi connectivity index (χ0n) is 10.1. The molecule has 1 fully saturated rings. The fourth-order valence-corrected chi connectivity index (χ4v) is 2.59. The summed E-state index contributed by atoms with van der Waals surface area (Å²) in [7, 11) is 0. The van der Waals surface area contributed by atoms with Gasteiger partial charge in [0.2, 0.25) is 0 Å². The summed E-state index contributed by atoms with van der Waals surface area (Å²) < 4.78 is 14.5. The number of rotatable bonds is 2. The van der Waals surface area contributed by atoms with Crippen molar-refractivity contribution in [2.75, 3.05) is 13.1 Å². The van der Waals surface area contributed by atoms with E-state index in [1.165, 1.54) is 11.1 Å². The van der Waals surface area contributed by atoms with Gasteiger partial charge in [-0.25, -0.2) is 4.39 Å². The predicted molar refractivity (Wildman–Crippen MR) is 65.6 cm³/mol. The molecule has 1 nitrogen and oxygen atoms in total. The van der Waals surface area contributed by atoms with Crippen LogP contribution >= 0.6 is 0 Å². The molecule has 1 N–H and O–H groups in total. The van der Waals surface area contributed by atoms with E-state index >= 15 is 0 Å². The second-order valence-electron chi connectivity index (χ2n) is 5.07. The summed E-state index contributed by atoms with van der Waals surface area (Å²) >= 11 is 0. The van der Waals surface area contributed by atoms with E-state index in [-0.39, 0.29) is 0 Å². The van der Waals surface area contributed by atoms with Gasteiger partial charge < -0.3 is 5.32 Å². The zero-order valence-corrected chi connectivity index (χ0v) is 10.1. The topological polar surface area (TPSA) is 12.0 Å². The molecule has 1 aromatic carbocycles. The molecule has 0 unspecified atom stereocenters. The van der Waals surface area contributed by atoms with Crippen molar-refractivity contribution in [2.24, 2.45) is 0 Å². The van der Waals surface area contributed by atoms with E-state index in [9.17, 15) is 4.39 Å². The van der Waals surface area contributed by atoms with Gasteiger partial charge in [0, 0.05) is 6.42 Å². The van der Waals surface area contributed by atoms with Crippen LogP contribution in [0.2, 0.25) is 0 Å². The summed E-state index contributed by atoms with van der Waals surface area (Å²) in [4.78, 5) is 0. The molecule has 2 rings (SSSR count). The molecule has 0 radical (unpaired) electrons. The average Bonchev–Trinajstić information content (AvgIpc) is 2.15. The molecule has 88 valence electrons. The highest BCUT2D eigenvalue weighted by atomic mass is 19.1.